The number of aromatic carboxylic acids is 1. The van der Waals surface area contributed by atoms with Crippen molar-refractivity contribution < 1.29 is 23.1 Å². The minimum atomic E-state index is -4.06. The van der Waals surface area contributed by atoms with Crippen LogP contribution in [0.5, 0.6) is 0 Å². The predicted octanol–water partition coefficient (Wildman–Crippen LogP) is 1.94. The monoisotopic (exact) mass is 353 g/mol. The Hall–Kier alpha value is -1.31. The zero-order valence-corrected chi connectivity index (χ0v) is 13.6. The molecule has 0 unspecified atom stereocenters. The number of hydrogen-bond donors (Lipinski definition) is 1. The largest absolute Gasteiger partial charge is 0.478 e. The summed E-state index contributed by atoms with van der Waals surface area (Å²) in [5, 5.41) is 8.55. The van der Waals surface area contributed by atoms with Gasteiger partial charge in [0.25, 0.3) is 0 Å². The molecule has 6 nitrogen and oxygen atoms in total. The normalized spacial score (nSPS) is 11.2. The summed E-state index contributed by atoms with van der Waals surface area (Å²) in [4.78, 5) is 23.5. The van der Waals surface area contributed by atoms with E-state index in [0.717, 1.165) is 12.1 Å². The minimum Gasteiger partial charge on any atom is -0.478 e. The van der Waals surface area contributed by atoms with E-state index in [4.69, 9.17) is 28.3 Å². The highest BCUT2D eigenvalue weighted by molar-refractivity contribution is 7.92. The zero-order valence-electron chi connectivity index (χ0n) is 11.3. The molecule has 1 N–H and O–H groups in total. The molecule has 0 aliphatic rings. The quantitative estimate of drug-likeness (QED) is 0.873. The van der Waals surface area contributed by atoms with Crippen LogP contribution < -0.4 is 0 Å². The number of halogens is 2. The second-order valence-corrected chi connectivity index (χ2v) is 7.01. The van der Waals surface area contributed by atoms with Crippen molar-refractivity contribution in [2.45, 2.75) is 11.8 Å². The Morgan fingerprint density at radius 1 is 1.24 bits per heavy atom. The lowest BCUT2D eigenvalue weighted by Crippen LogP contribution is -2.32. The molecule has 0 atom stereocenters. The molecule has 0 saturated carbocycles. The first-order chi connectivity index (χ1) is 9.60. The van der Waals surface area contributed by atoms with Crippen LogP contribution in [-0.2, 0) is 14.6 Å². The van der Waals surface area contributed by atoms with Crippen LogP contribution in [0.4, 0.5) is 0 Å². The average molecular weight is 354 g/mol. The van der Waals surface area contributed by atoms with E-state index in [1.54, 1.807) is 6.92 Å². The first kappa shape index (κ1) is 17.7. The number of carbonyl (C=O) groups excluding carboxylic acids is 1. The molecule has 1 aromatic rings. The molecule has 0 aliphatic heterocycles. The third kappa shape index (κ3) is 4.09. The maximum absolute atomic E-state index is 12.2. The van der Waals surface area contributed by atoms with Crippen molar-refractivity contribution in [1.82, 2.24) is 4.90 Å². The van der Waals surface area contributed by atoms with Gasteiger partial charge in [-0.05, 0) is 19.1 Å². The number of carboxylic acid groups (broad SMARTS) is 1. The van der Waals surface area contributed by atoms with Crippen LogP contribution in [0, 0.1) is 0 Å². The van der Waals surface area contributed by atoms with Crippen molar-refractivity contribution in [3.05, 3.63) is 27.7 Å². The Morgan fingerprint density at radius 3 is 2.29 bits per heavy atom. The molecule has 0 heterocycles. The Kier molecular flexibility index (Phi) is 5.61. The first-order valence-electron chi connectivity index (χ1n) is 5.79. The van der Waals surface area contributed by atoms with Gasteiger partial charge in [0.15, 0.2) is 9.84 Å². The predicted molar refractivity (Wildman–Crippen MR) is 78.8 cm³/mol. The van der Waals surface area contributed by atoms with E-state index in [2.05, 4.69) is 0 Å². The van der Waals surface area contributed by atoms with Crippen LogP contribution >= 0.6 is 23.2 Å². The summed E-state index contributed by atoms with van der Waals surface area (Å²) in [7, 11) is -2.60. The van der Waals surface area contributed by atoms with E-state index in [-0.39, 0.29) is 10.0 Å². The SMILES string of the molecule is CCN(C)C(=O)CS(=O)(=O)c1cc(C(=O)O)c(Cl)cc1Cl. The highest BCUT2D eigenvalue weighted by Gasteiger charge is 2.26. The molecule has 0 aliphatic carbocycles. The number of nitrogens with zero attached hydrogens (tertiary/aromatic N) is 1. The second-order valence-electron chi connectivity index (χ2n) is 4.23. The molecule has 0 radical (unpaired) electrons. The summed E-state index contributed by atoms with van der Waals surface area (Å²) >= 11 is 11.5. The number of benzene rings is 1. The van der Waals surface area contributed by atoms with Gasteiger partial charge in [-0.1, -0.05) is 23.2 Å². The van der Waals surface area contributed by atoms with E-state index < -0.39 is 37.9 Å². The summed E-state index contributed by atoms with van der Waals surface area (Å²) in [5.74, 6) is -2.79. The molecular formula is C12H13Cl2NO5S. The van der Waals surface area contributed by atoms with E-state index in [0.29, 0.717) is 6.54 Å². The smallest absolute Gasteiger partial charge is 0.337 e. The van der Waals surface area contributed by atoms with Crippen molar-refractivity contribution in [3.63, 3.8) is 0 Å². The first-order valence-corrected chi connectivity index (χ1v) is 8.20. The molecule has 1 rings (SSSR count). The molecule has 1 aromatic carbocycles. The molecule has 0 aromatic heterocycles. The van der Waals surface area contributed by atoms with Gasteiger partial charge < -0.3 is 10.0 Å². The fourth-order valence-electron chi connectivity index (χ4n) is 1.46. The van der Waals surface area contributed by atoms with Gasteiger partial charge in [0.2, 0.25) is 5.91 Å². The number of carboxylic acids is 1. The molecule has 0 spiro atoms. The third-order valence-electron chi connectivity index (χ3n) is 2.80. The molecule has 0 fully saturated rings. The molecule has 9 heteroatoms. The third-order valence-corrected chi connectivity index (χ3v) is 5.17. The Labute approximate surface area is 132 Å². The van der Waals surface area contributed by atoms with Gasteiger partial charge in [-0.25, -0.2) is 13.2 Å². The van der Waals surface area contributed by atoms with E-state index in [9.17, 15) is 18.0 Å². The maximum atomic E-state index is 12.2. The molecule has 1 amide bonds. The molecule has 21 heavy (non-hydrogen) atoms. The van der Waals surface area contributed by atoms with Crippen LogP contribution in [0.25, 0.3) is 0 Å². The van der Waals surface area contributed by atoms with Crippen molar-refractivity contribution in [2.24, 2.45) is 0 Å². The summed E-state index contributed by atoms with van der Waals surface area (Å²) in [6, 6.07) is 1.90. The van der Waals surface area contributed by atoms with Crippen LogP contribution in [-0.4, -0.2) is 49.6 Å². The molecular weight excluding hydrogens is 341 g/mol. The fraction of sp³-hybridized carbons (Fsp3) is 0.333. The Bertz CT molecular complexity index is 687. The van der Waals surface area contributed by atoms with E-state index in [1.165, 1.54) is 11.9 Å². The summed E-state index contributed by atoms with van der Waals surface area (Å²) in [5.41, 5.74) is -0.393. The lowest BCUT2D eigenvalue weighted by molar-refractivity contribution is -0.126. The van der Waals surface area contributed by atoms with E-state index >= 15 is 0 Å². The van der Waals surface area contributed by atoms with Crippen molar-refractivity contribution in [3.8, 4) is 0 Å². The van der Waals surface area contributed by atoms with Crippen LogP contribution in [0.2, 0.25) is 10.0 Å². The molecule has 116 valence electrons. The highest BCUT2D eigenvalue weighted by atomic mass is 35.5. The van der Waals surface area contributed by atoms with Crippen LogP contribution in [0.3, 0.4) is 0 Å². The lowest BCUT2D eigenvalue weighted by atomic mass is 10.2. The van der Waals surface area contributed by atoms with Crippen LogP contribution in [0.1, 0.15) is 17.3 Å². The molecule has 0 bridgehead atoms. The summed E-state index contributed by atoms with van der Waals surface area (Å²) < 4.78 is 24.4. The Balaban J connectivity index is 3.29. The van der Waals surface area contributed by atoms with Gasteiger partial charge in [0.1, 0.15) is 5.75 Å². The Morgan fingerprint density at radius 2 is 1.81 bits per heavy atom. The summed E-state index contributed by atoms with van der Waals surface area (Å²) in [6.07, 6.45) is 0. The van der Waals surface area contributed by atoms with Gasteiger partial charge in [-0.2, -0.15) is 0 Å². The maximum Gasteiger partial charge on any atom is 0.337 e. The van der Waals surface area contributed by atoms with Gasteiger partial charge in [0, 0.05) is 13.6 Å². The van der Waals surface area contributed by atoms with Crippen LogP contribution in [0.15, 0.2) is 17.0 Å². The number of hydrogen-bond acceptors (Lipinski definition) is 4. The summed E-state index contributed by atoms with van der Waals surface area (Å²) in [6.45, 7) is 2.05. The lowest BCUT2D eigenvalue weighted by Gasteiger charge is -2.15. The topological polar surface area (TPSA) is 91.8 Å². The second kappa shape index (κ2) is 6.64. The number of carbonyl (C=O) groups is 2. The number of rotatable bonds is 5. The van der Waals surface area contributed by atoms with Crippen molar-refractivity contribution in [1.29, 1.82) is 0 Å². The fourth-order valence-corrected chi connectivity index (χ4v) is 3.63. The van der Waals surface area contributed by atoms with Gasteiger partial charge in [0.05, 0.1) is 20.5 Å². The van der Waals surface area contributed by atoms with E-state index in [1.807, 2.05) is 0 Å². The average Bonchev–Trinajstić information content (AvgIpc) is 2.36. The van der Waals surface area contributed by atoms with Gasteiger partial charge >= 0.3 is 5.97 Å². The molecule has 0 saturated heterocycles. The van der Waals surface area contributed by atoms with Gasteiger partial charge in [-0.15, -0.1) is 0 Å². The van der Waals surface area contributed by atoms with Crippen molar-refractivity contribution >= 4 is 44.9 Å². The standard InChI is InChI=1S/C12H13Cl2NO5S/c1-3-15(2)11(16)6-21(19,20)10-4-7(12(17)18)8(13)5-9(10)14/h4-5H,3,6H2,1-2H3,(H,17,18). The highest BCUT2D eigenvalue weighted by Crippen LogP contribution is 2.29. The minimum absolute atomic E-state index is 0.177. The zero-order chi connectivity index (χ0) is 16.4. The number of sulfone groups is 1. The van der Waals surface area contributed by atoms with Gasteiger partial charge in [-0.3, -0.25) is 4.79 Å². The number of amides is 1. The van der Waals surface area contributed by atoms with Crippen molar-refractivity contribution in [2.75, 3.05) is 19.3 Å².